The third-order valence-corrected chi connectivity index (χ3v) is 4.44. The minimum atomic E-state index is -0.583. The second kappa shape index (κ2) is 5.27. The Balaban J connectivity index is 1.82. The van der Waals surface area contributed by atoms with Crippen LogP contribution in [0.15, 0.2) is 0 Å². The predicted molar refractivity (Wildman–Crippen MR) is 69.8 cm³/mol. The van der Waals surface area contributed by atoms with Crippen molar-refractivity contribution in [3.8, 4) is 6.07 Å². The summed E-state index contributed by atoms with van der Waals surface area (Å²) in [6.07, 6.45) is 6.27. The van der Waals surface area contributed by atoms with Gasteiger partial charge in [0.15, 0.2) is 0 Å². The standard InChI is InChI=1S/C14H23N3O/c1-11(12-5-6-12)17(2)9-13(18)16-14(10-15)7-3-4-8-14/h11-12H,3-9H2,1-2H3,(H,16,18). The molecule has 100 valence electrons. The summed E-state index contributed by atoms with van der Waals surface area (Å²) in [6.45, 7) is 2.58. The first-order valence-electron chi connectivity index (χ1n) is 6.99. The first-order valence-corrected chi connectivity index (χ1v) is 6.99. The van der Waals surface area contributed by atoms with Gasteiger partial charge in [0.2, 0.25) is 5.91 Å². The Labute approximate surface area is 109 Å². The van der Waals surface area contributed by atoms with E-state index in [1.165, 1.54) is 12.8 Å². The van der Waals surface area contributed by atoms with E-state index in [0.717, 1.165) is 31.6 Å². The van der Waals surface area contributed by atoms with Crippen LogP contribution in [0.4, 0.5) is 0 Å². The van der Waals surface area contributed by atoms with Crippen LogP contribution in [0.1, 0.15) is 45.4 Å². The van der Waals surface area contributed by atoms with Gasteiger partial charge in [-0.05, 0) is 58.4 Å². The molecule has 2 saturated carbocycles. The molecule has 1 amide bonds. The first kappa shape index (κ1) is 13.4. The van der Waals surface area contributed by atoms with E-state index in [1.54, 1.807) is 0 Å². The summed E-state index contributed by atoms with van der Waals surface area (Å²) in [7, 11) is 2.00. The molecule has 4 heteroatoms. The summed E-state index contributed by atoms with van der Waals surface area (Å²) < 4.78 is 0. The Morgan fingerprint density at radius 1 is 1.50 bits per heavy atom. The summed E-state index contributed by atoms with van der Waals surface area (Å²) in [5.74, 6) is 0.757. The summed E-state index contributed by atoms with van der Waals surface area (Å²) >= 11 is 0. The van der Waals surface area contributed by atoms with Gasteiger partial charge in [-0.3, -0.25) is 9.69 Å². The van der Waals surface area contributed by atoms with Gasteiger partial charge in [0, 0.05) is 6.04 Å². The van der Waals surface area contributed by atoms with Gasteiger partial charge in [0.05, 0.1) is 12.6 Å². The maximum absolute atomic E-state index is 12.0. The van der Waals surface area contributed by atoms with Crippen molar-refractivity contribution in [1.29, 1.82) is 5.26 Å². The molecule has 2 aliphatic carbocycles. The molecule has 1 atom stereocenters. The van der Waals surface area contributed by atoms with Crippen molar-refractivity contribution in [2.24, 2.45) is 5.92 Å². The number of rotatable bonds is 5. The largest absolute Gasteiger partial charge is 0.337 e. The number of nitrogens with one attached hydrogen (secondary N) is 1. The second-order valence-corrected chi connectivity index (χ2v) is 5.94. The average molecular weight is 249 g/mol. The number of hydrogen-bond acceptors (Lipinski definition) is 3. The fourth-order valence-electron chi connectivity index (χ4n) is 2.86. The van der Waals surface area contributed by atoms with Crippen molar-refractivity contribution in [1.82, 2.24) is 10.2 Å². The summed E-state index contributed by atoms with van der Waals surface area (Å²) in [4.78, 5) is 14.1. The fraction of sp³-hybridized carbons (Fsp3) is 0.857. The molecule has 0 heterocycles. The zero-order valence-electron chi connectivity index (χ0n) is 11.4. The maximum Gasteiger partial charge on any atom is 0.235 e. The number of amides is 1. The maximum atomic E-state index is 12.0. The van der Waals surface area contributed by atoms with Crippen LogP contribution < -0.4 is 5.32 Å². The summed E-state index contributed by atoms with van der Waals surface area (Å²) in [6, 6.07) is 2.77. The highest BCUT2D eigenvalue weighted by atomic mass is 16.2. The lowest BCUT2D eigenvalue weighted by molar-refractivity contribution is -0.123. The first-order chi connectivity index (χ1) is 8.56. The molecule has 1 N–H and O–H groups in total. The van der Waals surface area contributed by atoms with Gasteiger partial charge in [-0.15, -0.1) is 0 Å². The second-order valence-electron chi connectivity index (χ2n) is 5.94. The molecule has 2 aliphatic rings. The lowest BCUT2D eigenvalue weighted by Crippen LogP contribution is -2.49. The summed E-state index contributed by atoms with van der Waals surface area (Å²) in [5, 5.41) is 12.2. The molecule has 0 aromatic heterocycles. The molecule has 1 unspecified atom stereocenters. The summed E-state index contributed by atoms with van der Waals surface area (Å²) in [5.41, 5.74) is -0.583. The molecule has 0 radical (unpaired) electrons. The lowest BCUT2D eigenvalue weighted by atomic mass is 10.00. The van der Waals surface area contributed by atoms with Crippen molar-refractivity contribution >= 4 is 5.91 Å². The molecule has 0 aromatic rings. The Bertz CT molecular complexity index is 351. The van der Waals surface area contributed by atoms with Gasteiger partial charge in [-0.1, -0.05) is 0 Å². The van der Waals surface area contributed by atoms with Crippen molar-refractivity contribution < 1.29 is 4.79 Å². The van der Waals surface area contributed by atoms with E-state index in [0.29, 0.717) is 12.6 Å². The van der Waals surface area contributed by atoms with Crippen LogP contribution in [-0.4, -0.2) is 36.0 Å². The van der Waals surface area contributed by atoms with E-state index in [1.807, 2.05) is 7.05 Å². The fourth-order valence-corrected chi connectivity index (χ4v) is 2.86. The Kier molecular flexibility index (Phi) is 3.91. The molecule has 0 aromatic carbocycles. The van der Waals surface area contributed by atoms with E-state index >= 15 is 0 Å². The zero-order chi connectivity index (χ0) is 13.2. The van der Waals surface area contributed by atoms with E-state index in [9.17, 15) is 10.1 Å². The molecule has 2 fully saturated rings. The molecule has 0 saturated heterocycles. The van der Waals surface area contributed by atoms with Crippen LogP contribution >= 0.6 is 0 Å². The molecule has 2 rings (SSSR count). The highest BCUT2D eigenvalue weighted by Gasteiger charge is 2.36. The molecule has 0 aliphatic heterocycles. The SMILES string of the molecule is CC(C1CC1)N(C)CC(=O)NC1(C#N)CCCC1. The van der Waals surface area contributed by atoms with Crippen LogP contribution in [0, 0.1) is 17.2 Å². The predicted octanol–water partition coefficient (Wildman–Crippen LogP) is 1.67. The third kappa shape index (κ3) is 3.02. The van der Waals surface area contributed by atoms with Crippen LogP contribution in [0.2, 0.25) is 0 Å². The van der Waals surface area contributed by atoms with E-state index in [-0.39, 0.29) is 5.91 Å². The van der Waals surface area contributed by atoms with Gasteiger partial charge in [0.1, 0.15) is 5.54 Å². The number of likely N-dealkylation sites (N-methyl/N-ethyl adjacent to an activating group) is 1. The van der Waals surface area contributed by atoms with Crippen molar-refractivity contribution in [2.75, 3.05) is 13.6 Å². The zero-order valence-corrected chi connectivity index (χ0v) is 11.4. The number of carbonyl (C=O) groups excluding carboxylic acids is 1. The minimum Gasteiger partial charge on any atom is -0.337 e. The quantitative estimate of drug-likeness (QED) is 0.806. The van der Waals surface area contributed by atoms with Gasteiger partial charge in [-0.2, -0.15) is 5.26 Å². The van der Waals surface area contributed by atoms with E-state index in [2.05, 4.69) is 23.2 Å². The third-order valence-electron chi connectivity index (χ3n) is 4.44. The monoisotopic (exact) mass is 249 g/mol. The van der Waals surface area contributed by atoms with Crippen molar-refractivity contribution in [3.63, 3.8) is 0 Å². The van der Waals surface area contributed by atoms with Crippen LogP contribution in [0.5, 0.6) is 0 Å². The number of hydrogen-bond donors (Lipinski definition) is 1. The normalized spacial score (nSPS) is 23.7. The Hall–Kier alpha value is -1.08. The van der Waals surface area contributed by atoms with Gasteiger partial charge in [-0.25, -0.2) is 0 Å². The topological polar surface area (TPSA) is 56.1 Å². The van der Waals surface area contributed by atoms with Crippen LogP contribution in [-0.2, 0) is 4.79 Å². The Morgan fingerprint density at radius 3 is 2.61 bits per heavy atom. The van der Waals surface area contributed by atoms with Crippen LogP contribution in [0.25, 0.3) is 0 Å². The molecular formula is C14H23N3O. The molecular weight excluding hydrogens is 226 g/mol. The van der Waals surface area contributed by atoms with E-state index < -0.39 is 5.54 Å². The van der Waals surface area contributed by atoms with Gasteiger partial charge in [0.25, 0.3) is 0 Å². The van der Waals surface area contributed by atoms with Crippen molar-refractivity contribution in [2.45, 2.75) is 57.0 Å². The molecule has 0 spiro atoms. The Morgan fingerprint density at radius 2 is 2.11 bits per heavy atom. The number of nitriles is 1. The molecule has 4 nitrogen and oxygen atoms in total. The highest BCUT2D eigenvalue weighted by molar-refractivity contribution is 5.79. The number of nitrogens with zero attached hydrogens (tertiary/aromatic N) is 2. The highest BCUT2D eigenvalue weighted by Crippen LogP contribution is 2.34. The van der Waals surface area contributed by atoms with Gasteiger partial charge < -0.3 is 5.32 Å². The minimum absolute atomic E-state index is 0.00606. The lowest BCUT2D eigenvalue weighted by Gasteiger charge is -2.27. The number of carbonyl (C=O) groups is 1. The van der Waals surface area contributed by atoms with Gasteiger partial charge >= 0.3 is 0 Å². The molecule has 0 bridgehead atoms. The van der Waals surface area contributed by atoms with E-state index in [4.69, 9.17) is 0 Å². The van der Waals surface area contributed by atoms with Crippen LogP contribution in [0.3, 0.4) is 0 Å². The molecule has 18 heavy (non-hydrogen) atoms. The van der Waals surface area contributed by atoms with Crippen molar-refractivity contribution in [3.05, 3.63) is 0 Å². The average Bonchev–Trinajstić information content (AvgIpc) is 3.09. The smallest absolute Gasteiger partial charge is 0.235 e.